The maximum absolute atomic E-state index is 12.6. The number of hydrogen-bond donors (Lipinski definition) is 1. The summed E-state index contributed by atoms with van der Waals surface area (Å²) in [5.41, 5.74) is 0.525. The molecule has 2 heterocycles. The Bertz CT molecular complexity index is 786. The molecule has 0 bridgehead atoms. The molecule has 2 aliphatic heterocycles. The first-order chi connectivity index (χ1) is 11.9. The van der Waals surface area contributed by atoms with E-state index in [-0.39, 0.29) is 34.1 Å². The molecule has 0 spiro atoms. The average molecular weight is 383 g/mol. The molecule has 1 N–H and O–H groups in total. The molecule has 2 amide bonds. The molecule has 136 valence electrons. The molecule has 0 saturated carbocycles. The summed E-state index contributed by atoms with van der Waals surface area (Å²) in [4.78, 5) is 26.7. The van der Waals surface area contributed by atoms with E-state index < -0.39 is 9.84 Å². The van der Waals surface area contributed by atoms with Crippen molar-refractivity contribution in [1.29, 1.82) is 0 Å². The van der Waals surface area contributed by atoms with Gasteiger partial charge in [0.2, 0.25) is 11.8 Å². The predicted molar refractivity (Wildman–Crippen MR) is 97.5 cm³/mol. The van der Waals surface area contributed by atoms with Gasteiger partial charge in [-0.25, -0.2) is 8.42 Å². The summed E-state index contributed by atoms with van der Waals surface area (Å²) in [7, 11) is -3.57. The van der Waals surface area contributed by atoms with Gasteiger partial charge in [-0.05, 0) is 44.4 Å². The van der Waals surface area contributed by atoms with Crippen molar-refractivity contribution in [3.8, 4) is 0 Å². The largest absolute Gasteiger partial charge is 0.343 e. The lowest BCUT2D eigenvalue weighted by molar-refractivity contribution is -0.131. The third kappa shape index (κ3) is 4.17. The maximum Gasteiger partial charge on any atom is 0.237 e. The van der Waals surface area contributed by atoms with Gasteiger partial charge in [-0.3, -0.25) is 9.59 Å². The fourth-order valence-electron chi connectivity index (χ4n) is 3.02. The van der Waals surface area contributed by atoms with Crippen LogP contribution in [0.2, 0.25) is 0 Å². The predicted octanol–water partition coefficient (Wildman–Crippen LogP) is 2.30. The van der Waals surface area contributed by atoms with Gasteiger partial charge in [0.25, 0.3) is 0 Å². The van der Waals surface area contributed by atoms with Gasteiger partial charge in [0.15, 0.2) is 9.84 Å². The summed E-state index contributed by atoms with van der Waals surface area (Å²) in [5, 5.41) is 2.54. The molecule has 6 nitrogen and oxygen atoms in total. The molecular formula is C17H22N2O4S2. The van der Waals surface area contributed by atoms with Crippen molar-refractivity contribution < 1.29 is 18.0 Å². The van der Waals surface area contributed by atoms with Crippen molar-refractivity contribution in [2.75, 3.05) is 24.2 Å². The number of nitrogens with one attached hydrogen (secondary N) is 1. The summed E-state index contributed by atoms with van der Waals surface area (Å²) in [6.07, 6.45) is 3.09. The van der Waals surface area contributed by atoms with Gasteiger partial charge in [-0.1, -0.05) is 0 Å². The normalized spacial score (nSPS) is 20.8. The average Bonchev–Trinajstić information content (AvgIpc) is 2.61. The second kappa shape index (κ2) is 7.37. The van der Waals surface area contributed by atoms with Crippen LogP contribution in [0.4, 0.5) is 5.69 Å². The molecule has 1 saturated heterocycles. The lowest BCUT2D eigenvalue weighted by atomic mass is 10.1. The number of thioether (sulfide) groups is 1. The Morgan fingerprint density at radius 3 is 2.72 bits per heavy atom. The van der Waals surface area contributed by atoms with Crippen molar-refractivity contribution >= 4 is 39.1 Å². The van der Waals surface area contributed by atoms with E-state index in [2.05, 4.69) is 5.32 Å². The molecule has 0 aromatic heterocycles. The Kier molecular flexibility index (Phi) is 5.38. The van der Waals surface area contributed by atoms with E-state index in [1.165, 1.54) is 17.8 Å². The minimum atomic E-state index is -3.57. The Morgan fingerprint density at radius 1 is 1.28 bits per heavy atom. The third-order valence-electron chi connectivity index (χ3n) is 4.53. The van der Waals surface area contributed by atoms with E-state index in [1.54, 1.807) is 24.0 Å². The summed E-state index contributed by atoms with van der Waals surface area (Å²) in [5.74, 6) is -0.440. The zero-order chi connectivity index (χ0) is 18.0. The van der Waals surface area contributed by atoms with Crippen LogP contribution in [0.3, 0.4) is 0 Å². The highest BCUT2D eigenvalue weighted by molar-refractivity contribution is 8.01. The van der Waals surface area contributed by atoms with Crippen LogP contribution in [-0.2, 0) is 19.4 Å². The lowest BCUT2D eigenvalue weighted by Gasteiger charge is -2.26. The third-order valence-corrected chi connectivity index (χ3v) is 7.43. The summed E-state index contributed by atoms with van der Waals surface area (Å²) < 4.78 is 25.1. The first-order valence-electron chi connectivity index (χ1n) is 8.49. The van der Waals surface area contributed by atoms with Gasteiger partial charge in [-0.15, -0.1) is 11.8 Å². The fraction of sp³-hybridized carbons (Fsp3) is 0.529. The van der Waals surface area contributed by atoms with Crippen molar-refractivity contribution in [3.63, 3.8) is 0 Å². The second-order valence-corrected chi connectivity index (χ2v) is 9.91. The lowest BCUT2D eigenvalue weighted by Crippen LogP contribution is -2.36. The molecule has 25 heavy (non-hydrogen) atoms. The zero-order valence-electron chi connectivity index (χ0n) is 14.2. The number of carbonyl (C=O) groups excluding carboxylic acids is 2. The second-order valence-electron chi connectivity index (χ2n) is 6.42. The van der Waals surface area contributed by atoms with Crippen molar-refractivity contribution in [3.05, 3.63) is 18.2 Å². The van der Waals surface area contributed by atoms with Crippen LogP contribution in [0.25, 0.3) is 0 Å². The molecular weight excluding hydrogens is 360 g/mol. The Morgan fingerprint density at radius 2 is 2.00 bits per heavy atom. The number of carbonyl (C=O) groups is 2. The minimum Gasteiger partial charge on any atom is -0.343 e. The molecule has 8 heteroatoms. The number of benzene rings is 1. The monoisotopic (exact) mass is 382 g/mol. The molecule has 1 atom stereocenters. The van der Waals surface area contributed by atoms with Gasteiger partial charge in [0.1, 0.15) is 0 Å². The van der Waals surface area contributed by atoms with Crippen LogP contribution >= 0.6 is 11.8 Å². The standard InChI is InChI=1S/C17H22N2O4S2/c1-12-17(21)18-14-11-13(5-6-15(14)24-12)25(22,23)10-7-16(20)19-8-3-2-4-9-19/h5-6,11-12H,2-4,7-10H2,1H3,(H,18,21)/t12-/m0/s1. The highest BCUT2D eigenvalue weighted by atomic mass is 32.2. The molecule has 1 aromatic rings. The van der Waals surface area contributed by atoms with Gasteiger partial charge >= 0.3 is 0 Å². The molecule has 1 aromatic carbocycles. The summed E-state index contributed by atoms with van der Waals surface area (Å²) in [6.45, 7) is 3.25. The van der Waals surface area contributed by atoms with E-state index in [4.69, 9.17) is 0 Å². The van der Waals surface area contributed by atoms with Crippen LogP contribution in [0.15, 0.2) is 28.0 Å². The quantitative estimate of drug-likeness (QED) is 0.864. The number of piperidine rings is 1. The van der Waals surface area contributed by atoms with Gasteiger partial charge in [0.05, 0.1) is 21.6 Å². The Labute approximate surface area is 152 Å². The number of sulfone groups is 1. The minimum absolute atomic E-state index is 0.00242. The van der Waals surface area contributed by atoms with Crippen LogP contribution in [0.1, 0.15) is 32.6 Å². The van der Waals surface area contributed by atoms with Crippen LogP contribution in [0.5, 0.6) is 0 Å². The summed E-state index contributed by atoms with van der Waals surface area (Å²) >= 11 is 1.41. The fourth-order valence-corrected chi connectivity index (χ4v) is 5.20. The van der Waals surface area contributed by atoms with Crippen LogP contribution < -0.4 is 5.32 Å². The topological polar surface area (TPSA) is 83.6 Å². The number of fused-ring (bicyclic) bond motifs is 1. The smallest absolute Gasteiger partial charge is 0.237 e. The van der Waals surface area contributed by atoms with Crippen molar-refractivity contribution in [2.45, 2.75) is 47.6 Å². The molecule has 0 radical (unpaired) electrons. The van der Waals surface area contributed by atoms with Gasteiger partial charge < -0.3 is 10.2 Å². The molecule has 3 rings (SSSR count). The van der Waals surface area contributed by atoms with Crippen molar-refractivity contribution in [1.82, 2.24) is 4.90 Å². The summed E-state index contributed by atoms with van der Waals surface area (Å²) in [6, 6.07) is 4.76. The zero-order valence-corrected chi connectivity index (χ0v) is 15.8. The number of likely N-dealkylation sites (tertiary alicyclic amines) is 1. The molecule has 2 aliphatic rings. The van der Waals surface area contributed by atoms with Gasteiger partial charge in [0, 0.05) is 24.4 Å². The number of anilines is 1. The number of nitrogens with zero attached hydrogens (tertiary/aromatic N) is 1. The highest BCUT2D eigenvalue weighted by Gasteiger charge is 2.26. The SMILES string of the molecule is C[C@@H]1Sc2ccc(S(=O)(=O)CCC(=O)N3CCCCC3)cc2NC1=O. The van der Waals surface area contributed by atoms with E-state index in [9.17, 15) is 18.0 Å². The van der Waals surface area contributed by atoms with E-state index in [0.717, 1.165) is 37.2 Å². The number of hydrogen-bond acceptors (Lipinski definition) is 5. The Balaban J connectivity index is 1.69. The number of rotatable bonds is 4. The van der Waals surface area contributed by atoms with Crippen molar-refractivity contribution in [2.24, 2.45) is 0 Å². The van der Waals surface area contributed by atoms with Crippen LogP contribution in [-0.4, -0.2) is 49.2 Å². The molecule has 0 unspecified atom stereocenters. The van der Waals surface area contributed by atoms with Crippen LogP contribution in [0, 0.1) is 0 Å². The first kappa shape index (κ1) is 18.3. The molecule has 1 fully saturated rings. The van der Waals surface area contributed by atoms with E-state index in [1.807, 2.05) is 0 Å². The highest BCUT2D eigenvalue weighted by Crippen LogP contribution is 2.36. The molecule has 0 aliphatic carbocycles. The van der Waals surface area contributed by atoms with Gasteiger partial charge in [-0.2, -0.15) is 0 Å². The number of amides is 2. The maximum atomic E-state index is 12.6. The first-order valence-corrected chi connectivity index (χ1v) is 11.0. The van der Waals surface area contributed by atoms with E-state index in [0.29, 0.717) is 5.69 Å². The van der Waals surface area contributed by atoms with E-state index >= 15 is 0 Å². The Hall–Kier alpha value is -1.54.